The fourth-order valence-corrected chi connectivity index (χ4v) is 4.75. The first-order valence-electron chi connectivity index (χ1n) is 13.3. The van der Waals surface area contributed by atoms with E-state index in [1.807, 2.05) is 37.3 Å². The van der Waals surface area contributed by atoms with Gasteiger partial charge in [-0.15, -0.1) is 0 Å². The molecule has 1 aliphatic rings. The Hall–Kier alpha value is -3.05. The van der Waals surface area contributed by atoms with Gasteiger partial charge in [-0.3, -0.25) is 0 Å². The smallest absolute Gasteiger partial charge is 0.166 e. The van der Waals surface area contributed by atoms with E-state index in [2.05, 4.69) is 6.92 Å². The van der Waals surface area contributed by atoms with Crippen molar-refractivity contribution < 1.29 is 22.6 Å². The van der Waals surface area contributed by atoms with Crippen LogP contribution >= 0.6 is 0 Å². The third-order valence-electron chi connectivity index (χ3n) is 6.92. The minimum absolute atomic E-state index is 0.166. The second-order valence-electron chi connectivity index (χ2n) is 9.52. The van der Waals surface area contributed by atoms with Crippen molar-refractivity contribution >= 4 is 5.57 Å². The van der Waals surface area contributed by atoms with Gasteiger partial charge in [0, 0.05) is 23.8 Å². The molecule has 1 atom stereocenters. The summed E-state index contributed by atoms with van der Waals surface area (Å²) in [5.74, 6) is -1.38. The van der Waals surface area contributed by atoms with Gasteiger partial charge in [0.2, 0.25) is 0 Å². The van der Waals surface area contributed by atoms with E-state index in [4.69, 9.17) is 9.47 Å². The Morgan fingerprint density at radius 3 is 2.32 bits per heavy atom. The van der Waals surface area contributed by atoms with Crippen molar-refractivity contribution in [2.75, 3.05) is 13.2 Å². The van der Waals surface area contributed by atoms with Crippen LogP contribution < -0.4 is 4.74 Å². The minimum Gasteiger partial charge on any atom is -0.494 e. The summed E-state index contributed by atoms with van der Waals surface area (Å²) in [5, 5.41) is 0. The molecule has 0 fully saturated rings. The van der Waals surface area contributed by atoms with Gasteiger partial charge < -0.3 is 9.47 Å². The fourth-order valence-electron chi connectivity index (χ4n) is 4.75. The maximum absolute atomic E-state index is 15.0. The van der Waals surface area contributed by atoms with Crippen molar-refractivity contribution in [2.45, 2.75) is 64.9 Å². The highest BCUT2D eigenvalue weighted by Crippen LogP contribution is 2.32. The summed E-state index contributed by atoms with van der Waals surface area (Å²) < 4.78 is 55.6. The van der Waals surface area contributed by atoms with Gasteiger partial charge in [0.05, 0.1) is 12.7 Å². The monoisotopic (exact) mass is 508 g/mol. The van der Waals surface area contributed by atoms with Crippen LogP contribution in [0.15, 0.2) is 60.7 Å². The quantitative estimate of drug-likeness (QED) is 0.241. The number of benzene rings is 3. The van der Waals surface area contributed by atoms with Gasteiger partial charge in [0.15, 0.2) is 11.6 Å². The van der Waals surface area contributed by atoms with Crippen molar-refractivity contribution in [1.29, 1.82) is 0 Å². The lowest BCUT2D eigenvalue weighted by molar-refractivity contribution is 0.0466. The summed E-state index contributed by atoms with van der Waals surface area (Å²) in [6.07, 6.45) is 7.49. The Morgan fingerprint density at radius 2 is 1.65 bits per heavy atom. The van der Waals surface area contributed by atoms with Gasteiger partial charge in [-0.1, -0.05) is 55.8 Å². The minimum atomic E-state index is -0.771. The third-order valence-corrected chi connectivity index (χ3v) is 6.92. The van der Waals surface area contributed by atoms with Crippen molar-refractivity contribution in [1.82, 2.24) is 0 Å². The number of allylic oxidation sites excluding steroid dienone is 1. The maximum atomic E-state index is 15.0. The molecule has 0 aliphatic heterocycles. The fraction of sp³-hybridized carbons (Fsp3) is 0.375. The highest BCUT2D eigenvalue weighted by atomic mass is 19.2. The van der Waals surface area contributed by atoms with E-state index in [9.17, 15) is 13.2 Å². The van der Waals surface area contributed by atoms with Crippen LogP contribution in [-0.2, 0) is 17.6 Å². The van der Waals surface area contributed by atoms with Crippen LogP contribution in [0.3, 0.4) is 0 Å². The van der Waals surface area contributed by atoms with Gasteiger partial charge in [0.1, 0.15) is 11.6 Å². The Bertz CT molecular complexity index is 1220. The highest BCUT2D eigenvalue weighted by molar-refractivity contribution is 5.67. The van der Waals surface area contributed by atoms with E-state index in [0.29, 0.717) is 48.3 Å². The second kappa shape index (κ2) is 13.0. The molecule has 3 aromatic carbocycles. The number of halogens is 3. The first-order valence-corrected chi connectivity index (χ1v) is 13.3. The number of aryl methyl sites for hydroxylation is 2. The maximum Gasteiger partial charge on any atom is 0.166 e. The topological polar surface area (TPSA) is 18.5 Å². The van der Waals surface area contributed by atoms with Crippen molar-refractivity contribution in [3.8, 4) is 16.9 Å². The van der Waals surface area contributed by atoms with E-state index < -0.39 is 11.6 Å². The lowest BCUT2D eigenvalue weighted by atomic mass is 9.90. The standard InChI is InChI=1S/C32H35F3O2/c1-3-5-20-37-26-15-12-24(13-16-26)29-18-14-25(31(34)32(29)35)11-8-22-6-9-23(10-7-22)28-19-17-27(36-4-2)21-30(28)33/h6-7,9-10,12,14,17-19,21,26H,3-5,8,11,13,15-16,20H2,1-2H3. The van der Waals surface area contributed by atoms with Crippen molar-refractivity contribution in [2.24, 2.45) is 0 Å². The lowest BCUT2D eigenvalue weighted by Crippen LogP contribution is -2.16. The third kappa shape index (κ3) is 6.84. The molecular formula is C32H35F3O2. The molecular weight excluding hydrogens is 473 g/mol. The average molecular weight is 509 g/mol. The largest absolute Gasteiger partial charge is 0.494 e. The molecule has 0 radical (unpaired) electrons. The molecule has 4 rings (SSSR count). The Kier molecular flexibility index (Phi) is 9.45. The molecule has 0 bridgehead atoms. The molecule has 0 saturated carbocycles. The van der Waals surface area contributed by atoms with Gasteiger partial charge in [-0.2, -0.15) is 0 Å². The molecule has 0 N–H and O–H groups in total. The van der Waals surface area contributed by atoms with Gasteiger partial charge >= 0.3 is 0 Å². The zero-order valence-electron chi connectivity index (χ0n) is 21.7. The predicted molar refractivity (Wildman–Crippen MR) is 143 cm³/mol. The summed E-state index contributed by atoms with van der Waals surface area (Å²) in [5.41, 5.74) is 3.80. The van der Waals surface area contributed by atoms with Crippen LogP contribution in [-0.4, -0.2) is 19.3 Å². The van der Waals surface area contributed by atoms with Crippen molar-refractivity contribution in [3.05, 3.63) is 94.8 Å². The van der Waals surface area contributed by atoms with E-state index in [-0.39, 0.29) is 11.9 Å². The molecule has 0 spiro atoms. The first kappa shape index (κ1) is 27.0. The summed E-state index contributed by atoms with van der Waals surface area (Å²) >= 11 is 0. The molecule has 0 amide bonds. The summed E-state index contributed by atoms with van der Waals surface area (Å²) in [6, 6.07) is 15.7. The van der Waals surface area contributed by atoms with E-state index in [1.165, 1.54) is 6.07 Å². The molecule has 196 valence electrons. The number of hydrogen-bond donors (Lipinski definition) is 0. The van der Waals surface area contributed by atoms with Crippen LogP contribution in [0.5, 0.6) is 5.75 Å². The second-order valence-corrected chi connectivity index (χ2v) is 9.52. The Balaban J connectivity index is 1.38. The molecule has 0 heterocycles. The van der Waals surface area contributed by atoms with Crippen LogP contribution in [0.25, 0.3) is 16.7 Å². The van der Waals surface area contributed by atoms with Crippen LogP contribution in [0, 0.1) is 17.5 Å². The zero-order valence-corrected chi connectivity index (χ0v) is 21.7. The normalized spacial score (nSPS) is 15.5. The number of unbranched alkanes of at least 4 members (excludes halogenated alkanes) is 1. The molecule has 2 nitrogen and oxygen atoms in total. The van der Waals surface area contributed by atoms with Crippen LogP contribution in [0.4, 0.5) is 13.2 Å². The van der Waals surface area contributed by atoms with Gasteiger partial charge in [-0.25, -0.2) is 13.2 Å². The Labute approximate surface area is 218 Å². The summed E-state index contributed by atoms with van der Waals surface area (Å²) in [7, 11) is 0. The van der Waals surface area contributed by atoms with E-state index in [0.717, 1.165) is 49.0 Å². The summed E-state index contributed by atoms with van der Waals surface area (Å²) in [6.45, 7) is 5.22. The predicted octanol–water partition coefficient (Wildman–Crippen LogP) is 8.71. The SMILES string of the molecule is CCCCOC1CC=C(c2ccc(CCc3ccc(-c4ccc(OCC)cc4F)cc3)c(F)c2F)CC1. The first-order chi connectivity index (χ1) is 18.0. The van der Waals surface area contributed by atoms with Crippen LogP contribution in [0.2, 0.25) is 0 Å². The van der Waals surface area contributed by atoms with E-state index in [1.54, 1.807) is 24.3 Å². The zero-order chi connectivity index (χ0) is 26.2. The molecule has 0 saturated heterocycles. The summed E-state index contributed by atoms with van der Waals surface area (Å²) in [4.78, 5) is 0. The van der Waals surface area contributed by atoms with Crippen LogP contribution in [0.1, 0.15) is 62.6 Å². The molecule has 0 aromatic heterocycles. The van der Waals surface area contributed by atoms with Gasteiger partial charge in [0.25, 0.3) is 0 Å². The highest BCUT2D eigenvalue weighted by Gasteiger charge is 2.21. The number of ether oxygens (including phenoxy) is 2. The molecule has 5 heteroatoms. The number of hydrogen-bond acceptors (Lipinski definition) is 2. The van der Waals surface area contributed by atoms with Crippen molar-refractivity contribution in [3.63, 3.8) is 0 Å². The van der Waals surface area contributed by atoms with Gasteiger partial charge in [-0.05, 0) is 79.8 Å². The lowest BCUT2D eigenvalue weighted by Gasteiger charge is -2.23. The average Bonchev–Trinajstić information content (AvgIpc) is 2.91. The molecule has 37 heavy (non-hydrogen) atoms. The number of rotatable bonds is 11. The molecule has 1 aliphatic carbocycles. The van der Waals surface area contributed by atoms with E-state index >= 15 is 0 Å². The Morgan fingerprint density at radius 1 is 0.865 bits per heavy atom. The molecule has 3 aromatic rings. The molecule has 1 unspecified atom stereocenters.